The fraction of sp³-hybridized carbons (Fsp3) is 0.188. The predicted molar refractivity (Wildman–Crippen MR) is 88.9 cm³/mol. The maximum Gasteiger partial charge on any atom is 0.228 e. The van der Waals surface area contributed by atoms with E-state index in [9.17, 15) is 4.79 Å². The number of benzene rings is 2. The summed E-state index contributed by atoms with van der Waals surface area (Å²) in [6.45, 7) is 1.82. The molecule has 4 heteroatoms. The van der Waals surface area contributed by atoms with Gasteiger partial charge in [-0.15, -0.1) is 0 Å². The van der Waals surface area contributed by atoms with Crippen molar-refractivity contribution in [2.75, 3.05) is 16.8 Å². The van der Waals surface area contributed by atoms with Crippen LogP contribution in [0.5, 0.6) is 0 Å². The summed E-state index contributed by atoms with van der Waals surface area (Å²) in [6.07, 6.45) is 0. The molecule has 0 heterocycles. The lowest BCUT2D eigenvalue weighted by molar-refractivity contribution is -0.118. The summed E-state index contributed by atoms with van der Waals surface area (Å²) in [4.78, 5) is 11.5. The Bertz CT molecular complexity index is 490. The molecular formula is C16H20N2OS. The summed E-state index contributed by atoms with van der Waals surface area (Å²) in [5, 5.41) is 2.75. The van der Waals surface area contributed by atoms with Crippen LogP contribution in [-0.2, 0) is 4.79 Å². The average Bonchev–Trinajstić information content (AvgIpc) is 2.51. The first-order chi connectivity index (χ1) is 9.65. The zero-order valence-corrected chi connectivity index (χ0v) is 12.4. The zero-order chi connectivity index (χ0) is 14.8. The SMILES string of the molecule is CC(CS)C(=O)Nc1ccccc1N.c1ccccc1. The van der Waals surface area contributed by atoms with Crippen molar-refractivity contribution < 1.29 is 4.79 Å². The molecule has 0 fully saturated rings. The first kappa shape index (κ1) is 16.1. The van der Waals surface area contributed by atoms with E-state index in [4.69, 9.17) is 5.73 Å². The molecule has 20 heavy (non-hydrogen) atoms. The van der Waals surface area contributed by atoms with Crippen LogP contribution in [0.4, 0.5) is 11.4 Å². The quantitative estimate of drug-likeness (QED) is 0.598. The number of anilines is 2. The van der Waals surface area contributed by atoms with E-state index in [0.717, 1.165) is 0 Å². The number of nitrogens with two attached hydrogens (primary N) is 1. The Morgan fingerprint density at radius 1 is 1.10 bits per heavy atom. The number of amides is 1. The van der Waals surface area contributed by atoms with E-state index in [1.165, 1.54) is 0 Å². The molecule has 0 saturated carbocycles. The van der Waals surface area contributed by atoms with Crippen molar-refractivity contribution in [3.8, 4) is 0 Å². The number of nitrogen functional groups attached to an aromatic ring is 1. The Morgan fingerprint density at radius 3 is 2.05 bits per heavy atom. The van der Waals surface area contributed by atoms with Gasteiger partial charge in [0.05, 0.1) is 11.4 Å². The van der Waals surface area contributed by atoms with Crippen LogP contribution in [-0.4, -0.2) is 11.7 Å². The third-order valence-corrected chi connectivity index (χ3v) is 3.15. The standard InChI is InChI=1S/C10H14N2OS.C6H6/c1-7(6-14)10(13)12-9-5-3-2-4-8(9)11;1-2-4-6-5-3-1/h2-5,7,14H,6,11H2,1H3,(H,12,13);1-6H. The highest BCUT2D eigenvalue weighted by molar-refractivity contribution is 7.80. The van der Waals surface area contributed by atoms with E-state index in [1.54, 1.807) is 12.1 Å². The second-order valence-electron chi connectivity index (χ2n) is 4.31. The second kappa shape index (κ2) is 9.04. The van der Waals surface area contributed by atoms with Gasteiger partial charge in [0.2, 0.25) is 5.91 Å². The van der Waals surface area contributed by atoms with E-state index in [-0.39, 0.29) is 11.8 Å². The summed E-state index contributed by atoms with van der Waals surface area (Å²) in [5.74, 6) is 0.356. The van der Waals surface area contributed by atoms with Crippen molar-refractivity contribution in [3.05, 3.63) is 60.7 Å². The van der Waals surface area contributed by atoms with Gasteiger partial charge in [0.1, 0.15) is 0 Å². The minimum Gasteiger partial charge on any atom is -0.397 e. The van der Waals surface area contributed by atoms with Crippen LogP contribution in [0.2, 0.25) is 0 Å². The van der Waals surface area contributed by atoms with Crippen molar-refractivity contribution in [2.45, 2.75) is 6.92 Å². The predicted octanol–water partition coefficient (Wildman–Crippen LogP) is 3.46. The van der Waals surface area contributed by atoms with Crippen molar-refractivity contribution in [2.24, 2.45) is 5.92 Å². The first-order valence-corrected chi connectivity index (χ1v) is 7.04. The molecule has 0 aliphatic carbocycles. The van der Waals surface area contributed by atoms with Crippen LogP contribution in [0.1, 0.15) is 6.92 Å². The van der Waals surface area contributed by atoms with E-state index >= 15 is 0 Å². The molecule has 1 unspecified atom stereocenters. The van der Waals surface area contributed by atoms with Gasteiger partial charge in [0.25, 0.3) is 0 Å². The molecule has 0 saturated heterocycles. The van der Waals surface area contributed by atoms with Gasteiger partial charge in [-0.25, -0.2) is 0 Å². The lowest BCUT2D eigenvalue weighted by Crippen LogP contribution is -2.21. The molecule has 2 aromatic rings. The molecule has 3 N–H and O–H groups in total. The largest absolute Gasteiger partial charge is 0.397 e. The van der Waals surface area contributed by atoms with E-state index < -0.39 is 0 Å². The molecule has 0 spiro atoms. The molecular weight excluding hydrogens is 268 g/mol. The third kappa shape index (κ3) is 5.80. The Morgan fingerprint density at radius 2 is 1.60 bits per heavy atom. The number of rotatable bonds is 3. The Balaban J connectivity index is 0.000000276. The molecule has 106 valence electrons. The van der Waals surface area contributed by atoms with Gasteiger partial charge in [-0.3, -0.25) is 4.79 Å². The minimum absolute atomic E-state index is 0.0575. The van der Waals surface area contributed by atoms with Crippen LogP contribution in [0.15, 0.2) is 60.7 Å². The van der Waals surface area contributed by atoms with Crippen LogP contribution in [0.25, 0.3) is 0 Å². The molecule has 1 atom stereocenters. The minimum atomic E-state index is -0.113. The number of nitrogens with one attached hydrogen (secondary N) is 1. The molecule has 0 radical (unpaired) electrons. The number of hydrogen-bond donors (Lipinski definition) is 3. The van der Waals surface area contributed by atoms with Gasteiger partial charge < -0.3 is 11.1 Å². The molecule has 1 amide bonds. The number of hydrogen-bond acceptors (Lipinski definition) is 3. The highest BCUT2D eigenvalue weighted by atomic mass is 32.1. The number of para-hydroxylation sites is 2. The maximum atomic E-state index is 11.5. The normalized spacial score (nSPS) is 10.9. The van der Waals surface area contributed by atoms with Gasteiger partial charge in [-0.05, 0) is 12.1 Å². The fourth-order valence-electron chi connectivity index (χ4n) is 1.33. The number of carbonyl (C=O) groups is 1. The van der Waals surface area contributed by atoms with Crippen molar-refractivity contribution in [3.63, 3.8) is 0 Å². The Kier molecular flexibility index (Phi) is 7.29. The van der Waals surface area contributed by atoms with Crippen LogP contribution in [0.3, 0.4) is 0 Å². The summed E-state index contributed by atoms with van der Waals surface area (Å²) in [7, 11) is 0. The summed E-state index contributed by atoms with van der Waals surface area (Å²) in [5.41, 5.74) is 6.91. The lowest BCUT2D eigenvalue weighted by atomic mass is 10.2. The Hall–Kier alpha value is -1.94. The van der Waals surface area contributed by atoms with Gasteiger partial charge >= 0.3 is 0 Å². The molecule has 2 aromatic carbocycles. The van der Waals surface area contributed by atoms with Gasteiger partial charge in [-0.1, -0.05) is 55.5 Å². The maximum absolute atomic E-state index is 11.5. The lowest BCUT2D eigenvalue weighted by Gasteiger charge is -2.11. The van der Waals surface area contributed by atoms with E-state index in [2.05, 4.69) is 17.9 Å². The van der Waals surface area contributed by atoms with Crippen LogP contribution < -0.4 is 11.1 Å². The van der Waals surface area contributed by atoms with E-state index in [0.29, 0.717) is 17.1 Å². The second-order valence-corrected chi connectivity index (χ2v) is 4.68. The molecule has 2 rings (SSSR count). The van der Waals surface area contributed by atoms with Crippen LogP contribution in [0, 0.1) is 5.92 Å². The summed E-state index contributed by atoms with van der Waals surface area (Å²) < 4.78 is 0. The zero-order valence-electron chi connectivity index (χ0n) is 11.5. The third-order valence-electron chi connectivity index (χ3n) is 2.61. The number of thiol groups is 1. The molecule has 0 aromatic heterocycles. The van der Waals surface area contributed by atoms with Crippen LogP contribution >= 0.6 is 12.6 Å². The molecule has 0 aliphatic rings. The van der Waals surface area contributed by atoms with Crippen molar-refractivity contribution in [1.29, 1.82) is 0 Å². The molecule has 3 nitrogen and oxygen atoms in total. The van der Waals surface area contributed by atoms with Crippen molar-refractivity contribution in [1.82, 2.24) is 0 Å². The first-order valence-electron chi connectivity index (χ1n) is 6.41. The summed E-state index contributed by atoms with van der Waals surface area (Å²) in [6, 6.07) is 19.2. The number of carbonyl (C=O) groups excluding carboxylic acids is 1. The molecule has 0 bridgehead atoms. The summed E-state index contributed by atoms with van der Waals surface area (Å²) >= 11 is 4.06. The average molecular weight is 288 g/mol. The smallest absolute Gasteiger partial charge is 0.228 e. The monoisotopic (exact) mass is 288 g/mol. The fourth-order valence-corrected chi connectivity index (χ4v) is 1.50. The van der Waals surface area contributed by atoms with E-state index in [1.807, 2.05) is 55.5 Å². The topological polar surface area (TPSA) is 55.1 Å². The highest BCUT2D eigenvalue weighted by Gasteiger charge is 2.11. The van der Waals surface area contributed by atoms with Gasteiger partial charge in [-0.2, -0.15) is 12.6 Å². The van der Waals surface area contributed by atoms with Crippen molar-refractivity contribution >= 4 is 29.9 Å². The molecule has 0 aliphatic heterocycles. The Labute approximate surface area is 125 Å². The van der Waals surface area contributed by atoms with Gasteiger partial charge in [0, 0.05) is 11.7 Å². The highest BCUT2D eigenvalue weighted by Crippen LogP contribution is 2.17. The van der Waals surface area contributed by atoms with Gasteiger partial charge in [0.15, 0.2) is 0 Å².